The fourth-order valence-electron chi connectivity index (χ4n) is 5.59. The van der Waals surface area contributed by atoms with Crippen molar-refractivity contribution >= 4 is 5.91 Å². The van der Waals surface area contributed by atoms with Gasteiger partial charge in [-0.05, 0) is 86.5 Å². The number of hydrogen-bond donors (Lipinski definition) is 1. The first-order chi connectivity index (χ1) is 16.5. The van der Waals surface area contributed by atoms with Gasteiger partial charge in [0.05, 0.1) is 23.8 Å². The molecule has 1 saturated carbocycles. The van der Waals surface area contributed by atoms with E-state index in [9.17, 15) is 26.7 Å². The number of carbonyl (C=O) groups is 1. The van der Waals surface area contributed by atoms with Gasteiger partial charge in [-0.15, -0.1) is 0 Å². The van der Waals surface area contributed by atoms with E-state index in [2.05, 4.69) is 4.90 Å². The van der Waals surface area contributed by atoms with Gasteiger partial charge in [0.15, 0.2) is 0 Å². The fourth-order valence-corrected chi connectivity index (χ4v) is 5.59. The van der Waals surface area contributed by atoms with Crippen molar-refractivity contribution < 1.29 is 31.5 Å². The predicted octanol–water partition coefficient (Wildman–Crippen LogP) is 5.57. The highest BCUT2D eigenvalue weighted by Crippen LogP contribution is 2.45. The van der Waals surface area contributed by atoms with Gasteiger partial charge in [-0.3, -0.25) is 9.69 Å². The van der Waals surface area contributed by atoms with E-state index in [1.807, 2.05) is 0 Å². The normalized spacial score (nSPS) is 26.2. The standard InChI is InChI=1S/C26H29F5N2O2/c1-15(18-11-19(26(29,30)31)13-21(28)12-18)35-23-9-6-17(14-33-10-2-3-22(33)25(32)34)24(23)16-4-7-20(27)8-5-16/h4-5,7-8,11-13,15,17,22-24H,2-3,6,9-10,14H2,1H3,(H2,32,34)/t15-,17?,22-,23?,24?/m1/s1. The predicted molar refractivity (Wildman–Crippen MR) is 120 cm³/mol. The monoisotopic (exact) mass is 496 g/mol. The number of benzene rings is 2. The number of ether oxygens (including phenoxy) is 1. The molecule has 2 N–H and O–H groups in total. The largest absolute Gasteiger partial charge is 0.416 e. The maximum Gasteiger partial charge on any atom is 0.416 e. The maximum atomic E-state index is 14.0. The van der Waals surface area contributed by atoms with E-state index in [4.69, 9.17) is 10.5 Å². The van der Waals surface area contributed by atoms with Gasteiger partial charge in [0.2, 0.25) is 5.91 Å². The number of amides is 1. The summed E-state index contributed by atoms with van der Waals surface area (Å²) in [6, 6.07) is 8.24. The maximum absolute atomic E-state index is 14.0. The Kier molecular flexibility index (Phi) is 7.47. The zero-order valence-corrected chi connectivity index (χ0v) is 19.4. The van der Waals surface area contributed by atoms with Crippen LogP contribution in [0.2, 0.25) is 0 Å². The van der Waals surface area contributed by atoms with Crippen molar-refractivity contribution in [3.8, 4) is 0 Å². The van der Waals surface area contributed by atoms with Gasteiger partial charge in [0.25, 0.3) is 0 Å². The van der Waals surface area contributed by atoms with Crippen molar-refractivity contribution in [1.82, 2.24) is 4.90 Å². The summed E-state index contributed by atoms with van der Waals surface area (Å²) in [6.07, 6.45) is -2.85. The lowest BCUT2D eigenvalue weighted by atomic mass is 9.86. The second-order valence-electron chi connectivity index (χ2n) is 9.56. The molecule has 2 aromatic rings. The Labute approximate surface area is 201 Å². The van der Waals surface area contributed by atoms with E-state index < -0.39 is 23.7 Å². The lowest BCUT2D eigenvalue weighted by Crippen LogP contribution is -2.43. The summed E-state index contributed by atoms with van der Waals surface area (Å²) in [6.45, 7) is 2.97. The van der Waals surface area contributed by atoms with Crippen molar-refractivity contribution in [2.75, 3.05) is 13.1 Å². The Morgan fingerprint density at radius 3 is 2.46 bits per heavy atom. The van der Waals surface area contributed by atoms with Crippen LogP contribution >= 0.6 is 0 Å². The smallest absolute Gasteiger partial charge is 0.370 e. The molecular weight excluding hydrogens is 467 g/mol. The number of hydrogen-bond acceptors (Lipinski definition) is 3. The lowest BCUT2D eigenvalue weighted by Gasteiger charge is -2.32. The Morgan fingerprint density at radius 2 is 1.80 bits per heavy atom. The highest BCUT2D eigenvalue weighted by molar-refractivity contribution is 5.80. The van der Waals surface area contributed by atoms with Gasteiger partial charge in [-0.25, -0.2) is 8.78 Å². The second kappa shape index (κ2) is 10.2. The molecule has 2 aromatic carbocycles. The summed E-state index contributed by atoms with van der Waals surface area (Å²) in [7, 11) is 0. The van der Waals surface area contributed by atoms with Crippen molar-refractivity contribution in [3.63, 3.8) is 0 Å². The molecule has 1 amide bonds. The van der Waals surface area contributed by atoms with E-state index in [-0.39, 0.29) is 41.3 Å². The third kappa shape index (κ3) is 5.83. The minimum Gasteiger partial charge on any atom is -0.370 e. The van der Waals surface area contributed by atoms with E-state index in [0.717, 1.165) is 37.1 Å². The van der Waals surface area contributed by atoms with Crippen LogP contribution in [0.3, 0.4) is 0 Å². The minimum absolute atomic E-state index is 0.0795. The van der Waals surface area contributed by atoms with Crippen molar-refractivity contribution in [2.45, 2.75) is 63.0 Å². The molecule has 0 aromatic heterocycles. The van der Waals surface area contributed by atoms with Crippen molar-refractivity contribution in [2.24, 2.45) is 11.7 Å². The Bertz CT molecular complexity index is 1040. The number of halogens is 5. The third-order valence-electron chi connectivity index (χ3n) is 7.24. The number of likely N-dealkylation sites (tertiary alicyclic amines) is 1. The van der Waals surface area contributed by atoms with Gasteiger partial charge in [-0.2, -0.15) is 13.2 Å². The van der Waals surface area contributed by atoms with Crippen LogP contribution in [0.1, 0.15) is 61.3 Å². The van der Waals surface area contributed by atoms with Gasteiger partial charge in [-0.1, -0.05) is 12.1 Å². The van der Waals surface area contributed by atoms with Crippen LogP contribution in [0.5, 0.6) is 0 Å². The molecule has 3 unspecified atom stereocenters. The molecule has 35 heavy (non-hydrogen) atoms. The van der Waals surface area contributed by atoms with Crippen LogP contribution in [0.25, 0.3) is 0 Å². The van der Waals surface area contributed by atoms with Crippen LogP contribution < -0.4 is 5.73 Å². The molecule has 9 heteroatoms. The van der Waals surface area contributed by atoms with Gasteiger partial charge in [0, 0.05) is 12.5 Å². The van der Waals surface area contributed by atoms with Crippen LogP contribution in [0.4, 0.5) is 22.0 Å². The van der Waals surface area contributed by atoms with Gasteiger partial charge >= 0.3 is 6.18 Å². The second-order valence-corrected chi connectivity index (χ2v) is 9.56. The number of alkyl halides is 3. The first-order valence-electron chi connectivity index (χ1n) is 11.8. The molecule has 1 heterocycles. The summed E-state index contributed by atoms with van der Waals surface area (Å²) in [5.74, 6) is -1.79. The average molecular weight is 497 g/mol. The number of primary amides is 1. The molecule has 1 saturated heterocycles. The molecule has 2 fully saturated rings. The molecule has 4 rings (SSSR count). The molecule has 4 nitrogen and oxygen atoms in total. The van der Waals surface area contributed by atoms with Crippen LogP contribution in [0.15, 0.2) is 42.5 Å². The lowest BCUT2D eigenvalue weighted by molar-refractivity contribution is -0.138. The SMILES string of the molecule is C[C@@H](OC1CCC(CN2CCC[C@@H]2C(N)=O)C1c1ccc(F)cc1)c1cc(F)cc(C(F)(F)F)c1. The van der Waals surface area contributed by atoms with E-state index >= 15 is 0 Å². The highest BCUT2D eigenvalue weighted by atomic mass is 19.4. The molecule has 1 aliphatic heterocycles. The fraction of sp³-hybridized carbons (Fsp3) is 0.500. The van der Waals surface area contributed by atoms with Crippen LogP contribution in [-0.4, -0.2) is 36.0 Å². The Morgan fingerprint density at radius 1 is 1.09 bits per heavy atom. The van der Waals surface area contributed by atoms with Crippen molar-refractivity contribution in [3.05, 3.63) is 70.8 Å². The highest BCUT2D eigenvalue weighted by Gasteiger charge is 2.42. The molecule has 2 aliphatic rings. The molecule has 0 radical (unpaired) electrons. The Balaban J connectivity index is 1.57. The first-order valence-corrected chi connectivity index (χ1v) is 11.8. The number of rotatable bonds is 7. The van der Waals surface area contributed by atoms with Gasteiger partial charge in [0.1, 0.15) is 11.6 Å². The number of nitrogens with two attached hydrogens (primary N) is 1. The number of nitrogens with zero attached hydrogens (tertiary/aromatic N) is 1. The zero-order valence-electron chi connectivity index (χ0n) is 19.4. The molecule has 5 atom stereocenters. The van der Waals surface area contributed by atoms with Crippen LogP contribution in [0, 0.1) is 17.6 Å². The molecular formula is C26H29F5N2O2. The average Bonchev–Trinajstić information content (AvgIpc) is 3.41. The summed E-state index contributed by atoms with van der Waals surface area (Å²) in [5.41, 5.74) is 5.48. The molecule has 1 aliphatic carbocycles. The molecule has 0 spiro atoms. The van der Waals surface area contributed by atoms with E-state index in [1.54, 1.807) is 19.1 Å². The summed E-state index contributed by atoms with van der Waals surface area (Å²) < 4.78 is 73.4. The van der Waals surface area contributed by atoms with E-state index in [1.165, 1.54) is 12.1 Å². The van der Waals surface area contributed by atoms with Crippen LogP contribution in [-0.2, 0) is 15.7 Å². The third-order valence-corrected chi connectivity index (χ3v) is 7.24. The van der Waals surface area contributed by atoms with Crippen molar-refractivity contribution in [1.29, 1.82) is 0 Å². The summed E-state index contributed by atoms with van der Waals surface area (Å²) in [5, 5.41) is 0. The summed E-state index contributed by atoms with van der Waals surface area (Å²) in [4.78, 5) is 14.0. The number of carbonyl (C=O) groups excluding carboxylic acids is 1. The first kappa shape index (κ1) is 25.6. The zero-order chi connectivity index (χ0) is 25.3. The van der Waals surface area contributed by atoms with E-state index in [0.29, 0.717) is 25.5 Å². The minimum atomic E-state index is -4.67. The topological polar surface area (TPSA) is 55.6 Å². The quantitative estimate of drug-likeness (QED) is 0.510. The summed E-state index contributed by atoms with van der Waals surface area (Å²) >= 11 is 0. The Hall–Kier alpha value is -2.52. The molecule has 190 valence electrons. The van der Waals surface area contributed by atoms with Gasteiger partial charge < -0.3 is 10.5 Å². The molecule has 0 bridgehead atoms.